The highest BCUT2D eigenvalue weighted by Crippen LogP contribution is 2.35. The molecule has 1 aliphatic heterocycles. The van der Waals surface area contributed by atoms with Crippen molar-refractivity contribution in [2.45, 2.75) is 31.7 Å². The number of piperidine rings is 1. The highest BCUT2D eigenvalue weighted by atomic mass is 19.3. The van der Waals surface area contributed by atoms with E-state index >= 15 is 0 Å². The van der Waals surface area contributed by atoms with Crippen LogP contribution in [0.3, 0.4) is 0 Å². The van der Waals surface area contributed by atoms with Gasteiger partial charge in [-0.25, -0.2) is 8.78 Å². The Morgan fingerprint density at radius 1 is 1.45 bits per heavy atom. The van der Waals surface area contributed by atoms with E-state index < -0.39 is 11.3 Å². The number of rotatable bonds is 4. The molecule has 20 heavy (non-hydrogen) atoms. The van der Waals surface area contributed by atoms with Crippen molar-refractivity contribution in [2.24, 2.45) is 5.73 Å². The molecule has 0 radical (unpaired) electrons. The lowest BCUT2D eigenvalue weighted by atomic mass is 9.99. The van der Waals surface area contributed by atoms with Crippen LogP contribution in [-0.4, -0.2) is 24.1 Å². The Hall–Kier alpha value is -1.76. The fourth-order valence-corrected chi connectivity index (χ4v) is 2.65. The van der Waals surface area contributed by atoms with Gasteiger partial charge in [0.25, 0.3) is 12.1 Å². The summed E-state index contributed by atoms with van der Waals surface area (Å²) in [5.41, 5.74) is 5.45. The summed E-state index contributed by atoms with van der Waals surface area (Å²) in [4.78, 5) is 11.9. The number of nitrogens with two attached hydrogens (primary N) is 1. The Bertz CT molecular complexity index is 497. The van der Waals surface area contributed by atoms with Crippen LogP contribution < -0.4 is 10.6 Å². The third kappa shape index (κ3) is 2.87. The molecule has 2 N–H and O–H groups in total. The average Bonchev–Trinajstić information content (AvgIpc) is 2.46. The van der Waals surface area contributed by atoms with Crippen molar-refractivity contribution in [3.05, 3.63) is 33.9 Å². The van der Waals surface area contributed by atoms with Crippen LogP contribution in [-0.2, 0) is 0 Å². The van der Waals surface area contributed by atoms with E-state index in [0.29, 0.717) is 18.8 Å². The third-order valence-corrected chi connectivity index (χ3v) is 3.67. The van der Waals surface area contributed by atoms with Gasteiger partial charge >= 0.3 is 0 Å². The highest BCUT2D eigenvalue weighted by Gasteiger charge is 2.27. The Morgan fingerprint density at radius 2 is 2.20 bits per heavy atom. The smallest absolute Gasteiger partial charge is 0.270 e. The van der Waals surface area contributed by atoms with Crippen molar-refractivity contribution in [1.82, 2.24) is 0 Å². The normalized spacial score (nSPS) is 19.4. The zero-order valence-electron chi connectivity index (χ0n) is 11.0. The second-order valence-electron chi connectivity index (χ2n) is 4.88. The zero-order chi connectivity index (χ0) is 14.7. The maximum Gasteiger partial charge on any atom is 0.270 e. The van der Waals surface area contributed by atoms with Crippen LogP contribution in [0.25, 0.3) is 0 Å². The molecule has 0 spiro atoms. The van der Waals surface area contributed by atoms with Crippen LogP contribution in [0.5, 0.6) is 0 Å². The predicted octanol–water partition coefficient (Wildman–Crippen LogP) is 2.85. The second-order valence-corrected chi connectivity index (χ2v) is 4.88. The van der Waals surface area contributed by atoms with Gasteiger partial charge in [0, 0.05) is 42.5 Å². The van der Waals surface area contributed by atoms with Gasteiger partial charge in [0.15, 0.2) is 0 Å². The van der Waals surface area contributed by atoms with E-state index in [9.17, 15) is 18.9 Å². The summed E-state index contributed by atoms with van der Waals surface area (Å²) in [6, 6.07) is 3.65. The SMILES string of the molecule is NCC1CCCCN1c1ccc([N+](=O)[O-])cc1C(F)F. The number of halogens is 2. The van der Waals surface area contributed by atoms with Gasteiger partial charge in [-0.05, 0) is 25.3 Å². The highest BCUT2D eigenvalue weighted by molar-refractivity contribution is 5.59. The molecule has 1 aromatic carbocycles. The van der Waals surface area contributed by atoms with Gasteiger partial charge in [-0.15, -0.1) is 0 Å². The first-order valence-corrected chi connectivity index (χ1v) is 6.57. The molecule has 7 heteroatoms. The van der Waals surface area contributed by atoms with Gasteiger partial charge in [0.2, 0.25) is 0 Å². The first-order valence-electron chi connectivity index (χ1n) is 6.57. The van der Waals surface area contributed by atoms with Gasteiger partial charge < -0.3 is 10.6 Å². The van der Waals surface area contributed by atoms with E-state index in [-0.39, 0.29) is 17.3 Å². The fraction of sp³-hybridized carbons (Fsp3) is 0.538. The number of nitro groups is 1. The van der Waals surface area contributed by atoms with E-state index in [4.69, 9.17) is 5.73 Å². The van der Waals surface area contributed by atoms with Crippen LogP contribution >= 0.6 is 0 Å². The minimum absolute atomic E-state index is 0.0164. The Kier molecular flexibility index (Phi) is 4.49. The molecule has 110 valence electrons. The molecule has 1 fully saturated rings. The number of benzene rings is 1. The van der Waals surface area contributed by atoms with Crippen molar-refractivity contribution < 1.29 is 13.7 Å². The van der Waals surface area contributed by atoms with Crippen molar-refractivity contribution in [3.63, 3.8) is 0 Å². The van der Waals surface area contributed by atoms with E-state index in [2.05, 4.69) is 0 Å². The van der Waals surface area contributed by atoms with Gasteiger partial charge in [-0.3, -0.25) is 10.1 Å². The fourth-order valence-electron chi connectivity index (χ4n) is 2.65. The monoisotopic (exact) mass is 285 g/mol. The molecule has 0 bridgehead atoms. The number of hydrogen-bond acceptors (Lipinski definition) is 4. The summed E-state index contributed by atoms with van der Waals surface area (Å²) in [5, 5.41) is 10.7. The molecule has 1 atom stereocenters. The first kappa shape index (κ1) is 14.6. The Balaban J connectivity index is 2.41. The number of nitro benzene ring substituents is 1. The largest absolute Gasteiger partial charge is 0.367 e. The first-order chi connectivity index (χ1) is 9.54. The Labute approximate surface area is 115 Å². The number of anilines is 1. The molecule has 0 aliphatic carbocycles. The van der Waals surface area contributed by atoms with Gasteiger partial charge in [-0.2, -0.15) is 0 Å². The van der Waals surface area contributed by atoms with Crippen LogP contribution in [0.15, 0.2) is 18.2 Å². The summed E-state index contributed by atoms with van der Waals surface area (Å²) in [6.45, 7) is 1.04. The summed E-state index contributed by atoms with van der Waals surface area (Å²) in [5.74, 6) is 0. The van der Waals surface area contributed by atoms with Crippen molar-refractivity contribution >= 4 is 11.4 Å². The van der Waals surface area contributed by atoms with Gasteiger partial charge in [0.1, 0.15) is 0 Å². The molecule has 5 nitrogen and oxygen atoms in total. The van der Waals surface area contributed by atoms with Gasteiger partial charge in [0.05, 0.1) is 4.92 Å². The maximum atomic E-state index is 13.2. The van der Waals surface area contributed by atoms with Crippen LogP contribution in [0.1, 0.15) is 31.3 Å². The number of nitrogens with zero attached hydrogens (tertiary/aromatic N) is 2. The molecule has 0 aromatic heterocycles. The van der Waals surface area contributed by atoms with E-state index in [1.807, 2.05) is 4.90 Å². The molecular formula is C13H17F2N3O2. The summed E-state index contributed by atoms with van der Waals surface area (Å²) in [7, 11) is 0. The molecular weight excluding hydrogens is 268 g/mol. The quantitative estimate of drug-likeness (QED) is 0.682. The van der Waals surface area contributed by atoms with Crippen molar-refractivity contribution in [2.75, 3.05) is 18.0 Å². The predicted molar refractivity (Wildman–Crippen MR) is 72.1 cm³/mol. The minimum Gasteiger partial charge on any atom is -0.367 e. The molecule has 0 amide bonds. The van der Waals surface area contributed by atoms with Crippen molar-refractivity contribution in [3.8, 4) is 0 Å². The third-order valence-electron chi connectivity index (χ3n) is 3.67. The molecule has 1 aromatic rings. The molecule has 1 saturated heterocycles. The Morgan fingerprint density at radius 3 is 2.80 bits per heavy atom. The molecule has 2 rings (SSSR count). The molecule has 0 saturated carbocycles. The molecule has 1 heterocycles. The van der Waals surface area contributed by atoms with Gasteiger partial charge in [-0.1, -0.05) is 0 Å². The molecule has 1 unspecified atom stereocenters. The standard InChI is InChI=1S/C13H17F2N3O2/c14-13(15)11-7-9(18(19)20)4-5-12(11)17-6-2-1-3-10(17)8-16/h4-5,7,10,13H,1-3,6,8,16H2. The number of hydrogen-bond donors (Lipinski definition) is 1. The lowest BCUT2D eigenvalue weighted by Crippen LogP contribution is -2.44. The minimum atomic E-state index is -2.75. The van der Waals surface area contributed by atoms with Crippen LogP contribution in [0.4, 0.5) is 20.2 Å². The summed E-state index contributed by atoms with van der Waals surface area (Å²) < 4.78 is 26.4. The van der Waals surface area contributed by atoms with Crippen LogP contribution in [0.2, 0.25) is 0 Å². The summed E-state index contributed by atoms with van der Waals surface area (Å²) >= 11 is 0. The zero-order valence-corrected chi connectivity index (χ0v) is 11.0. The van der Waals surface area contributed by atoms with Crippen LogP contribution in [0, 0.1) is 10.1 Å². The maximum absolute atomic E-state index is 13.2. The second kappa shape index (κ2) is 6.13. The number of non-ortho nitro benzene ring substituents is 1. The van der Waals surface area contributed by atoms with E-state index in [0.717, 1.165) is 25.3 Å². The lowest BCUT2D eigenvalue weighted by molar-refractivity contribution is -0.385. The number of alkyl halides is 2. The topological polar surface area (TPSA) is 72.4 Å². The lowest BCUT2D eigenvalue weighted by Gasteiger charge is -2.38. The summed E-state index contributed by atoms with van der Waals surface area (Å²) in [6.07, 6.45) is 0.0482. The average molecular weight is 285 g/mol. The van der Waals surface area contributed by atoms with Crippen molar-refractivity contribution in [1.29, 1.82) is 0 Å². The van der Waals surface area contributed by atoms with E-state index in [1.165, 1.54) is 12.1 Å². The molecule has 1 aliphatic rings. The van der Waals surface area contributed by atoms with E-state index in [1.54, 1.807) is 0 Å².